The van der Waals surface area contributed by atoms with Crippen molar-refractivity contribution in [1.82, 2.24) is 4.90 Å². The van der Waals surface area contributed by atoms with Crippen LogP contribution < -0.4 is 0 Å². The monoisotopic (exact) mass is 409 g/mol. The fraction of sp³-hybridized carbons (Fsp3) is 0.217. The van der Waals surface area contributed by atoms with Crippen molar-refractivity contribution in [1.29, 1.82) is 0 Å². The number of fused-ring (bicyclic) bond motifs is 1. The summed E-state index contributed by atoms with van der Waals surface area (Å²) in [4.78, 5) is 27.7. The molecule has 3 aromatic rings. The van der Waals surface area contributed by atoms with E-state index in [1.54, 1.807) is 29.2 Å². The molecule has 0 bridgehead atoms. The average molecular weight is 410 g/mol. The van der Waals surface area contributed by atoms with Gasteiger partial charge in [0.05, 0.1) is 11.6 Å². The molecule has 6 heteroatoms. The lowest BCUT2D eigenvalue weighted by Gasteiger charge is -2.26. The summed E-state index contributed by atoms with van der Waals surface area (Å²) in [6, 6.07) is 15.3. The Morgan fingerprint density at radius 2 is 1.93 bits per heavy atom. The third-order valence-electron chi connectivity index (χ3n) is 5.12. The van der Waals surface area contributed by atoms with Crippen LogP contribution in [0.4, 0.5) is 0 Å². The number of furan rings is 1. The van der Waals surface area contributed by atoms with E-state index in [0.717, 1.165) is 18.4 Å². The first kappa shape index (κ1) is 19.3. The first-order valence-electron chi connectivity index (χ1n) is 9.54. The van der Waals surface area contributed by atoms with Gasteiger partial charge in [-0.2, -0.15) is 0 Å². The predicted octanol–water partition coefficient (Wildman–Crippen LogP) is 5.46. The van der Waals surface area contributed by atoms with Crippen LogP contribution in [0.2, 0.25) is 5.02 Å². The van der Waals surface area contributed by atoms with Crippen LogP contribution >= 0.6 is 11.6 Å². The summed E-state index contributed by atoms with van der Waals surface area (Å²) in [7, 11) is 0. The Morgan fingerprint density at radius 3 is 2.66 bits per heavy atom. The molecule has 1 unspecified atom stereocenters. The third kappa shape index (κ3) is 3.42. The molecule has 0 radical (unpaired) electrons. The van der Waals surface area contributed by atoms with Crippen LogP contribution in [0.25, 0.3) is 11.0 Å². The number of amides is 1. The van der Waals surface area contributed by atoms with Crippen molar-refractivity contribution in [3.8, 4) is 0 Å². The summed E-state index contributed by atoms with van der Waals surface area (Å²) < 4.78 is 5.70. The lowest BCUT2D eigenvalue weighted by atomic mass is 9.95. The maximum Gasteiger partial charge on any atom is 0.290 e. The van der Waals surface area contributed by atoms with E-state index in [0.29, 0.717) is 22.5 Å². The van der Waals surface area contributed by atoms with Gasteiger partial charge in [0.25, 0.3) is 5.91 Å². The van der Waals surface area contributed by atoms with Gasteiger partial charge in [0.2, 0.25) is 5.78 Å². The number of aliphatic hydroxyl groups excluding tert-OH is 1. The molecule has 1 aliphatic rings. The van der Waals surface area contributed by atoms with Crippen LogP contribution in [0.15, 0.2) is 70.3 Å². The van der Waals surface area contributed by atoms with E-state index >= 15 is 0 Å². The van der Waals surface area contributed by atoms with E-state index < -0.39 is 23.5 Å². The highest BCUT2D eigenvalue weighted by atomic mass is 35.5. The van der Waals surface area contributed by atoms with E-state index in [1.807, 2.05) is 37.3 Å². The normalized spacial score (nSPS) is 16.8. The number of hydrogen-bond acceptors (Lipinski definition) is 4. The summed E-state index contributed by atoms with van der Waals surface area (Å²) in [5.41, 5.74) is 1.33. The van der Waals surface area contributed by atoms with E-state index in [2.05, 4.69) is 0 Å². The zero-order valence-electron chi connectivity index (χ0n) is 15.9. The molecule has 4 rings (SSSR count). The number of Topliss-reactive ketones (excluding diaryl/α,β-unsaturated/α-hetero) is 1. The molecule has 1 aromatic heterocycles. The summed E-state index contributed by atoms with van der Waals surface area (Å²) in [5.74, 6) is -1.49. The largest absolute Gasteiger partial charge is 0.503 e. The molecule has 0 saturated carbocycles. The minimum absolute atomic E-state index is 0.0439. The molecule has 1 atom stereocenters. The minimum Gasteiger partial charge on any atom is -0.503 e. The second kappa shape index (κ2) is 7.76. The van der Waals surface area contributed by atoms with Gasteiger partial charge in [0.1, 0.15) is 5.58 Å². The molecule has 0 saturated heterocycles. The van der Waals surface area contributed by atoms with Crippen molar-refractivity contribution in [2.45, 2.75) is 25.8 Å². The topological polar surface area (TPSA) is 70.8 Å². The molecule has 0 fully saturated rings. The van der Waals surface area contributed by atoms with Crippen molar-refractivity contribution >= 4 is 34.3 Å². The molecular weight excluding hydrogens is 390 g/mol. The minimum atomic E-state index is -0.653. The van der Waals surface area contributed by atoms with Gasteiger partial charge in [0.15, 0.2) is 11.5 Å². The van der Waals surface area contributed by atoms with Crippen molar-refractivity contribution in [3.63, 3.8) is 0 Å². The number of aliphatic hydroxyl groups is 1. The molecule has 1 aliphatic heterocycles. The number of unbranched alkanes of at least 4 members (excludes halogenated alkanes) is 1. The van der Waals surface area contributed by atoms with Crippen LogP contribution in [0, 0.1) is 0 Å². The van der Waals surface area contributed by atoms with Crippen molar-refractivity contribution in [2.24, 2.45) is 0 Å². The molecule has 29 heavy (non-hydrogen) atoms. The van der Waals surface area contributed by atoms with E-state index in [1.165, 1.54) is 0 Å². The van der Waals surface area contributed by atoms with E-state index in [9.17, 15) is 14.7 Å². The molecular formula is C23H20ClNO4. The molecule has 1 amide bonds. The molecule has 2 heterocycles. The number of carbonyl (C=O) groups excluding carboxylic acids is 2. The highest BCUT2D eigenvalue weighted by Gasteiger charge is 2.44. The standard InChI is InChI=1S/C23H20ClNO4/c1-2-3-11-25-20(14-7-5-4-6-8-14)19(22(27)23(25)28)21(26)18-13-15-12-16(24)9-10-17(15)29-18/h4-10,12-13,20,27H,2-3,11H2,1H3. The quantitative estimate of drug-likeness (QED) is 0.548. The number of carbonyl (C=O) groups is 2. The maximum atomic E-state index is 13.3. The Balaban J connectivity index is 1.79. The second-order valence-electron chi connectivity index (χ2n) is 7.05. The van der Waals surface area contributed by atoms with Crippen LogP contribution in [0.1, 0.15) is 41.9 Å². The molecule has 0 spiro atoms. The van der Waals surface area contributed by atoms with Gasteiger partial charge in [-0.05, 0) is 36.2 Å². The SMILES string of the molecule is CCCCN1C(=O)C(O)=C(C(=O)c2cc3cc(Cl)ccc3o2)C1c1ccccc1. The molecule has 148 valence electrons. The smallest absolute Gasteiger partial charge is 0.290 e. The highest BCUT2D eigenvalue weighted by Crippen LogP contribution is 2.39. The Labute approximate surface area is 173 Å². The van der Waals surface area contributed by atoms with Gasteiger partial charge in [-0.1, -0.05) is 55.3 Å². The van der Waals surface area contributed by atoms with Crippen LogP contribution in [0.3, 0.4) is 0 Å². The lowest BCUT2D eigenvalue weighted by Crippen LogP contribution is -2.32. The fourth-order valence-corrected chi connectivity index (χ4v) is 3.87. The second-order valence-corrected chi connectivity index (χ2v) is 7.49. The number of nitrogens with zero attached hydrogens (tertiary/aromatic N) is 1. The van der Waals surface area contributed by atoms with Crippen molar-refractivity contribution < 1.29 is 19.1 Å². The predicted molar refractivity (Wildman–Crippen MR) is 111 cm³/mol. The highest BCUT2D eigenvalue weighted by molar-refractivity contribution is 6.31. The molecule has 0 aliphatic carbocycles. The lowest BCUT2D eigenvalue weighted by molar-refractivity contribution is -0.129. The Morgan fingerprint density at radius 1 is 1.17 bits per heavy atom. The summed E-state index contributed by atoms with van der Waals surface area (Å²) >= 11 is 6.02. The summed E-state index contributed by atoms with van der Waals surface area (Å²) in [6.45, 7) is 2.47. The molecule has 5 nitrogen and oxygen atoms in total. The first-order chi connectivity index (χ1) is 14.0. The van der Waals surface area contributed by atoms with Crippen LogP contribution in [-0.4, -0.2) is 28.2 Å². The van der Waals surface area contributed by atoms with Gasteiger partial charge in [0, 0.05) is 17.0 Å². The van der Waals surface area contributed by atoms with Crippen LogP contribution in [-0.2, 0) is 4.79 Å². The number of benzene rings is 2. The number of rotatable bonds is 6. The van der Waals surface area contributed by atoms with Crippen LogP contribution in [0.5, 0.6) is 0 Å². The van der Waals surface area contributed by atoms with Crippen molar-refractivity contribution in [2.75, 3.05) is 6.54 Å². The van der Waals surface area contributed by atoms with Gasteiger partial charge in [-0.25, -0.2) is 0 Å². The average Bonchev–Trinajstić information content (AvgIpc) is 3.25. The number of halogens is 1. The Bertz CT molecular complexity index is 1120. The number of ketones is 1. The number of hydrogen-bond donors (Lipinski definition) is 1. The molecule has 1 N–H and O–H groups in total. The third-order valence-corrected chi connectivity index (χ3v) is 5.35. The van der Waals surface area contributed by atoms with Gasteiger partial charge in [-0.3, -0.25) is 9.59 Å². The molecule has 2 aromatic carbocycles. The fourth-order valence-electron chi connectivity index (χ4n) is 3.69. The zero-order chi connectivity index (χ0) is 20.5. The van der Waals surface area contributed by atoms with E-state index in [-0.39, 0.29) is 11.3 Å². The zero-order valence-corrected chi connectivity index (χ0v) is 16.6. The summed E-state index contributed by atoms with van der Waals surface area (Å²) in [5, 5.41) is 11.8. The maximum absolute atomic E-state index is 13.3. The van der Waals surface area contributed by atoms with Crippen molar-refractivity contribution in [3.05, 3.63) is 82.3 Å². The Hall–Kier alpha value is -3.05. The van der Waals surface area contributed by atoms with Gasteiger partial charge < -0.3 is 14.4 Å². The Kier molecular flexibility index (Phi) is 5.16. The van der Waals surface area contributed by atoms with Gasteiger partial charge >= 0.3 is 0 Å². The van der Waals surface area contributed by atoms with E-state index in [4.69, 9.17) is 16.0 Å². The first-order valence-corrected chi connectivity index (χ1v) is 9.92. The van der Waals surface area contributed by atoms with Gasteiger partial charge in [-0.15, -0.1) is 0 Å². The summed E-state index contributed by atoms with van der Waals surface area (Å²) in [6.07, 6.45) is 1.66.